The molecule has 1 N–H and O–H groups in total. The Kier molecular flexibility index (Phi) is 3.05. The van der Waals surface area contributed by atoms with Crippen LogP contribution in [0.2, 0.25) is 0 Å². The van der Waals surface area contributed by atoms with E-state index in [9.17, 15) is 9.90 Å². The first-order chi connectivity index (χ1) is 5.96. The van der Waals surface area contributed by atoms with E-state index in [1.165, 1.54) is 0 Å². The third kappa shape index (κ3) is 2.49. The van der Waals surface area contributed by atoms with Crippen LogP contribution in [-0.4, -0.2) is 36.0 Å². The van der Waals surface area contributed by atoms with Crippen molar-refractivity contribution >= 4 is 6.29 Å². The molecule has 4 heteroatoms. The van der Waals surface area contributed by atoms with Crippen molar-refractivity contribution in [3.63, 3.8) is 0 Å². The highest BCUT2D eigenvalue weighted by atomic mass is 16.7. The summed E-state index contributed by atoms with van der Waals surface area (Å²) in [4.78, 5) is 10.4. The van der Waals surface area contributed by atoms with Crippen molar-refractivity contribution in [2.45, 2.75) is 38.8 Å². The molecular weight excluding hydrogens is 172 g/mol. The number of aliphatic hydroxyl groups excluding tert-OH is 1. The molecule has 0 aliphatic carbocycles. The molecular formula is C9H16O4. The van der Waals surface area contributed by atoms with Gasteiger partial charge in [0.15, 0.2) is 5.79 Å². The van der Waals surface area contributed by atoms with Gasteiger partial charge in [-0.2, -0.15) is 0 Å². The molecule has 3 unspecified atom stereocenters. The minimum absolute atomic E-state index is 0.340. The summed E-state index contributed by atoms with van der Waals surface area (Å²) < 4.78 is 10.7. The van der Waals surface area contributed by atoms with E-state index in [0.717, 1.165) is 6.29 Å². The predicted octanol–water partition coefficient (Wildman–Crippen LogP) is 0.334. The summed E-state index contributed by atoms with van der Waals surface area (Å²) in [6.45, 7) is 5.56. The topological polar surface area (TPSA) is 55.8 Å². The van der Waals surface area contributed by atoms with Gasteiger partial charge in [-0.25, -0.2) is 0 Å². The maximum absolute atomic E-state index is 10.4. The standard InChI is InChI=1S/C9H16O4/c1-6(4-10)8(11)7-5-12-9(2,3)13-7/h4,6-8,11H,5H2,1-3H3. The van der Waals surface area contributed by atoms with E-state index >= 15 is 0 Å². The molecule has 0 aromatic carbocycles. The van der Waals surface area contributed by atoms with Crippen molar-refractivity contribution in [3.05, 3.63) is 0 Å². The van der Waals surface area contributed by atoms with Crippen LogP contribution in [0.1, 0.15) is 20.8 Å². The number of hydrogen-bond acceptors (Lipinski definition) is 4. The molecule has 0 radical (unpaired) electrons. The SMILES string of the molecule is CC(C=O)C(O)C1COC(C)(C)O1. The molecule has 4 nitrogen and oxygen atoms in total. The zero-order chi connectivity index (χ0) is 10.1. The van der Waals surface area contributed by atoms with Crippen LogP contribution in [0.15, 0.2) is 0 Å². The van der Waals surface area contributed by atoms with Crippen molar-refractivity contribution in [2.75, 3.05) is 6.61 Å². The van der Waals surface area contributed by atoms with Gasteiger partial charge in [-0.3, -0.25) is 0 Å². The second-order valence-corrected chi connectivity index (χ2v) is 3.85. The van der Waals surface area contributed by atoms with E-state index < -0.39 is 23.9 Å². The quantitative estimate of drug-likeness (QED) is 0.649. The fourth-order valence-corrected chi connectivity index (χ4v) is 1.30. The third-order valence-corrected chi connectivity index (χ3v) is 2.16. The molecule has 13 heavy (non-hydrogen) atoms. The van der Waals surface area contributed by atoms with Gasteiger partial charge in [0, 0.05) is 5.92 Å². The van der Waals surface area contributed by atoms with E-state index in [1.54, 1.807) is 20.8 Å². The Morgan fingerprint density at radius 2 is 2.23 bits per heavy atom. The maximum atomic E-state index is 10.4. The molecule has 0 aromatic heterocycles. The highest BCUT2D eigenvalue weighted by Gasteiger charge is 2.38. The first-order valence-corrected chi connectivity index (χ1v) is 4.41. The fraction of sp³-hybridized carbons (Fsp3) is 0.889. The highest BCUT2D eigenvalue weighted by Crippen LogP contribution is 2.25. The zero-order valence-electron chi connectivity index (χ0n) is 8.19. The lowest BCUT2D eigenvalue weighted by atomic mass is 10.0. The number of aldehydes is 1. The van der Waals surface area contributed by atoms with Gasteiger partial charge < -0.3 is 19.4 Å². The first-order valence-electron chi connectivity index (χ1n) is 4.41. The average molecular weight is 188 g/mol. The lowest BCUT2D eigenvalue weighted by Crippen LogP contribution is -2.36. The van der Waals surface area contributed by atoms with Crippen LogP contribution in [0.5, 0.6) is 0 Å². The maximum Gasteiger partial charge on any atom is 0.163 e. The Labute approximate surface area is 77.8 Å². The fourth-order valence-electron chi connectivity index (χ4n) is 1.30. The summed E-state index contributed by atoms with van der Waals surface area (Å²) >= 11 is 0. The van der Waals surface area contributed by atoms with E-state index in [2.05, 4.69) is 0 Å². The van der Waals surface area contributed by atoms with Gasteiger partial charge in [0.1, 0.15) is 12.4 Å². The lowest BCUT2D eigenvalue weighted by Gasteiger charge is -2.21. The second kappa shape index (κ2) is 3.74. The van der Waals surface area contributed by atoms with E-state index in [4.69, 9.17) is 9.47 Å². The second-order valence-electron chi connectivity index (χ2n) is 3.85. The Morgan fingerprint density at radius 3 is 2.62 bits per heavy atom. The van der Waals surface area contributed by atoms with Crippen LogP contribution in [0.25, 0.3) is 0 Å². The van der Waals surface area contributed by atoms with Gasteiger partial charge in [-0.05, 0) is 13.8 Å². The largest absolute Gasteiger partial charge is 0.390 e. The summed E-state index contributed by atoms with van der Waals surface area (Å²) in [6, 6.07) is 0. The van der Waals surface area contributed by atoms with Crippen molar-refractivity contribution in [1.82, 2.24) is 0 Å². The summed E-state index contributed by atoms with van der Waals surface area (Å²) in [5, 5.41) is 9.61. The first kappa shape index (κ1) is 10.6. The molecule has 1 fully saturated rings. The summed E-state index contributed by atoms with van der Waals surface area (Å²) in [7, 11) is 0. The third-order valence-electron chi connectivity index (χ3n) is 2.16. The van der Waals surface area contributed by atoms with E-state index in [-0.39, 0.29) is 0 Å². The van der Waals surface area contributed by atoms with Crippen molar-refractivity contribution in [2.24, 2.45) is 5.92 Å². The van der Waals surface area contributed by atoms with Crippen LogP contribution in [0.4, 0.5) is 0 Å². The monoisotopic (exact) mass is 188 g/mol. The van der Waals surface area contributed by atoms with Crippen molar-refractivity contribution < 1.29 is 19.4 Å². The van der Waals surface area contributed by atoms with Crippen LogP contribution in [-0.2, 0) is 14.3 Å². The highest BCUT2D eigenvalue weighted by molar-refractivity contribution is 5.53. The molecule has 0 bridgehead atoms. The number of hydrogen-bond donors (Lipinski definition) is 1. The molecule has 76 valence electrons. The van der Waals surface area contributed by atoms with Gasteiger partial charge in [0.25, 0.3) is 0 Å². The number of carbonyl (C=O) groups excluding carboxylic acids is 1. The minimum Gasteiger partial charge on any atom is -0.390 e. The molecule has 0 spiro atoms. The van der Waals surface area contributed by atoms with Gasteiger partial charge in [-0.1, -0.05) is 6.92 Å². The number of rotatable bonds is 3. The van der Waals surface area contributed by atoms with Crippen LogP contribution in [0, 0.1) is 5.92 Å². The predicted molar refractivity (Wildman–Crippen MR) is 46.1 cm³/mol. The molecule has 1 aliphatic heterocycles. The van der Waals surface area contributed by atoms with E-state index in [0.29, 0.717) is 6.61 Å². The smallest absolute Gasteiger partial charge is 0.163 e. The van der Waals surface area contributed by atoms with Gasteiger partial charge in [-0.15, -0.1) is 0 Å². The van der Waals surface area contributed by atoms with E-state index in [1.807, 2.05) is 0 Å². The summed E-state index contributed by atoms with van der Waals surface area (Å²) in [5.74, 6) is -1.06. The van der Waals surface area contributed by atoms with Crippen molar-refractivity contribution in [1.29, 1.82) is 0 Å². The molecule has 1 heterocycles. The molecule has 3 atom stereocenters. The Bertz CT molecular complexity index is 190. The van der Waals surface area contributed by atoms with Crippen LogP contribution >= 0.6 is 0 Å². The van der Waals surface area contributed by atoms with Gasteiger partial charge in [0.2, 0.25) is 0 Å². The van der Waals surface area contributed by atoms with Gasteiger partial charge >= 0.3 is 0 Å². The summed E-state index contributed by atoms with van der Waals surface area (Å²) in [6.07, 6.45) is -0.450. The Hall–Kier alpha value is -0.450. The molecule has 0 saturated carbocycles. The molecule has 1 saturated heterocycles. The Morgan fingerprint density at radius 1 is 1.62 bits per heavy atom. The van der Waals surface area contributed by atoms with Crippen LogP contribution < -0.4 is 0 Å². The van der Waals surface area contributed by atoms with Crippen molar-refractivity contribution in [3.8, 4) is 0 Å². The summed E-state index contributed by atoms with van der Waals surface area (Å²) in [5.41, 5.74) is 0. The number of carbonyl (C=O) groups is 1. The normalized spacial score (nSPS) is 31.2. The van der Waals surface area contributed by atoms with Gasteiger partial charge in [0.05, 0.1) is 12.7 Å². The number of aliphatic hydroxyl groups is 1. The van der Waals surface area contributed by atoms with Crippen LogP contribution in [0.3, 0.4) is 0 Å². The Balaban J connectivity index is 2.51. The molecule has 1 rings (SSSR count). The lowest BCUT2D eigenvalue weighted by molar-refractivity contribution is -0.156. The minimum atomic E-state index is -0.778. The number of ether oxygens (including phenoxy) is 2. The zero-order valence-corrected chi connectivity index (χ0v) is 8.19. The molecule has 0 amide bonds. The molecule has 1 aliphatic rings. The average Bonchev–Trinajstić information content (AvgIpc) is 2.43. The molecule has 0 aromatic rings.